The predicted octanol–water partition coefficient (Wildman–Crippen LogP) is 2.40. The smallest absolute Gasteiger partial charge is 0.150 e. The number of hydrogen-bond donors (Lipinski definition) is 1. The Balaban J connectivity index is 3.35. The van der Waals surface area contributed by atoms with Gasteiger partial charge in [0.15, 0.2) is 0 Å². The van der Waals surface area contributed by atoms with Gasteiger partial charge in [-0.1, -0.05) is 0 Å². The fraction of sp³-hybridized carbons (Fsp3) is 0.222. The molecule has 0 bridgehead atoms. The van der Waals surface area contributed by atoms with Crippen LogP contribution in [0.2, 0.25) is 0 Å². The molecule has 0 N–H and O–H groups in total. The lowest BCUT2D eigenvalue weighted by Gasteiger charge is -2.03. The summed E-state index contributed by atoms with van der Waals surface area (Å²) in [5.41, 5.74) is 2.88. The third-order valence-electron chi connectivity index (χ3n) is 1.82. The van der Waals surface area contributed by atoms with Crippen molar-refractivity contribution in [2.24, 2.45) is 0 Å². The van der Waals surface area contributed by atoms with Crippen LogP contribution in [0.3, 0.4) is 0 Å². The Kier molecular flexibility index (Phi) is 2.35. The average molecular weight is 166 g/mol. The van der Waals surface area contributed by atoms with Crippen molar-refractivity contribution in [1.29, 1.82) is 0 Å². The zero-order valence-electron chi connectivity index (χ0n) is 6.59. The monoisotopic (exact) mass is 166 g/mol. The topological polar surface area (TPSA) is 17.1 Å². The summed E-state index contributed by atoms with van der Waals surface area (Å²) in [7, 11) is 0. The maximum atomic E-state index is 10.5. The first-order valence-electron chi connectivity index (χ1n) is 3.40. The van der Waals surface area contributed by atoms with Crippen LogP contribution in [0.5, 0.6) is 0 Å². The molecule has 0 heterocycles. The highest BCUT2D eigenvalue weighted by molar-refractivity contribution is 7.80. The molecule has 1 nitrogen and oxygen atoms in total. The normalized spacial score (nSPS) is 9.73. The molecular formula is C9H10OS. The van der Waals surface area contributed by atoms with Gasteiger partial charge in [0, 0.05) is 10.5 Å². The second kappa shape index (κ2) is 3.09. The van der Waals surface area contributed by atoms with E-state index < -0.39 is 0 Å². The number of carbonyl (C=O) groups is 1. The lowest BCUT2D eigenvalue weighted by Crippen LogP contribution is -1.89. The molecule has 0 aliphatic rings. The zero-order chi connectivity index (χ0) is 8.43. The first-order chi connectivity index (χ1) is 5.15. The molecular weight excluding hydrogens is 156 g/mol. The van der Waals surface area contributed by atoms with Crippen LogP contribution >= 0.6 is 12.6 Å². The molecule has 0 spiro atoms. The summed E-state index contributed by atoms with van der Waals surface area (Å²) >= 11 is 4.17. The van der Waals surface area contributed by atoms with E-state index in [1.807, 2.05) is 19.9 Å². The minimum atomic E-state index is 0.731. The third kappa shape index (κ3) is 1.63. The van der Waals surface area contributed by atoms with Crippen LogP contribution in [-0.4, -0.2) is 6.29 Å². The van der Waals surface area contributed by atoms with Crippen LogP contribution in [0, 0.1) is 13.8 Å². The van der Waals surface area contributed by atoms with E-state index >= 15 is 0 Å². The largest absolute Gasteiger partial charge is 0.298 e. The fourth-order valence-corrected chi connectivity index (χ4v) is 1.32. The highest BCUT2D eigenvalue weighted by Crippen LogP contribution is 2.16. The molecule has 0 amide bonds. The first-order valence-corrected chi connectivity index (χ1v) is 3.85. The number of aldehydes is 1. The standard InChI is InChI=1S/C9H10OS/c1-6-3-9(11)4-8(5-10)7(6)2/h3-5,11H,1-2H3. The highest BCUT2D eigenvalue weighted by atomic mass is 32.1. The van der Waals surface area contributed by atoms with Gasteiger partial charge in [-0.25, -0.2) is 0 Å². The molecule has 2 heteroatoms. The van der Waals surface area contributed by atoms with Gasteiger partial charge in [-0.3, -0.25) is 4.79 Å². The molecule has 0 fully saturated rings. The van der Waals surface area contributed by atoms with E-state index in [1.54, 1.807) is 6.07 Å². The Labute approximate surface area is 71.8 Å². The van der Waals surface area contributed by atoms with E-state index in [0.29, 0.717) is 0 Å². The van der Waals surface area contributed by atoms with Crippen molar-refractivity contribution in [2.45, 2.75) is 18.7 Å². The molecule has 1 rings (SSSR count). The molecule has 0 aliphatic heterocycles. The molecule has 58 valence electrons. The molecule has 0 saturated heterocycles. The van der Waals surface area contributed by atoms with E-state index in [9.17, 15) is 4.79 Å². The first kappa shape index (κ1) is 8.34. The van der Waals surface area contributed by atoms with Crippen LogP contribution in [0.4, 0.5) is 0 Å². The number of hydrogen-bond acceptors (Lipinski definition) is 2. The van der Waals surface area contributed by atoms with Gasteiger partial charge in [0.05, 0.1) is 0 Å². The van der Waals surface area contributed by atoms with Gasteiger partial charge in [0.2, 0.25) is 0 Å². The van der Waals surface area contributed by atoms with Crippen LogP contribution in [-0.2, 0) is 0 Å². The molecule has 11 heavy (non-hydrogen) atoms. The van der Waals surface area contributed by atoms with E-state index in [-0.39, 0.29) is 0 Å². The summed E-state index contributed by atoms with van der Waals surface area (Å²) in [5.74, 6) is 0. The fourth-order valence-electron chi connectivity index (χ4n) is 0.989. The number of rotatable bonds is 1. The van der Waals surface area contributed by atoms with Crippen molar-refractivity contribution >= 4 is 18.9 Å². The van der Waals surface area contributed by atoms with E-state index in [0.717, 1.165) is 27.9 Å². The number of aryl methyl sites for hydroxylation is 1. The van der Waals surface area contributed by atoms with Crippen molar-refractivity contribution < 1.29 is 4.79 Å². The number of carbonyl (C=O) groups excluding carboxylic acids is 1. The summed E-state index contributed by atoms with van der Waals surface area (Å²) in [6.07, 6.45) is 0.863. The number of benzene rings is 1. The molecule has 0 atom stereocenters. The quantitative estimate of drug-likeness (QED) is 0.501. The predicted molar refractivity (Wildman–Crippen MR) is 48.6 cm³/mol. The molecule has 0 unspecified atom stereocenters. The van der Waals surface area contributed by atoms with Gasteiger partial charge in [-0.15, -0.1) is 12.6 Å². The van der Waals surface area contributed by atoms with Gasteiger partial charge in [-0.05, 0) is 37.1 Å². The van der Waals surface area contributed by atoms with E-state index in [2.05, 4.69) is 12.6 Å². The Morgan fingerprint density at radius 1 is 1.36 bits per heavy atom. The average Bonchev–Trinajstić information content (AvgIpc) is 1.96. The Morgan fingerprint density at radius 3 is 2.55 bits per heavy atom. The second-order valence-electron chi connectivity index (χ2n) is 2.59. The van der Waals surface area contributed by atoms with Gasteiger partial charge in [0.25, 0.3) is 0 Å². The molecule has 0 aliphatic carbocycles. The second-order valence-corrected chi connectivity index (χ2v) is 3.11. The molecule has 1 aromatic carbocycles. The highest BCUT2D eigenvalue weighted by Gasteiger charge is 2.00. The van der Waals surface area contributed by atoms with Crippen molar-refractivity contribution in [2.75, 3.05) is 0 Å². The van der Waals surface area contributed by atoms with E-state index in [1.165, 1.54) is 0 Å². The minimum absolute atomic E-state index is 0.731. The van der Waals surface area contributed by atoms with E-state index in [4.69, 9.17) is 0 Å². The maximum absolute atomic E-state index is 10.5. The summed E-state index contributed by atoms with van der Waals surface area (Å²) in [6.45, 7) is 3.91. The van der Waals surface area contributed by atoms with Crippen LogP contribution in [0.1, 0.15) is 21.5 Å². The van der Waals surface area contributed by atoms with Crippen molar-refractivity contribution in [1.82, 2.24) is 0 Å². The van der Waals surface area contributed by atoms with Gasteiger partial charge in [-0.2, -0.15) is 0 Å². The van der Waals surface area contributed by atoms with Crippen LogP contribution in [0.15, 0.2) is 17.0 Å². The maximum Gasteiger partial charge on any atom is 0.150 e. The van der Waals surface area contributed by atoms with Crippen LogP contribution in [0.25, 0.3) is 0 Å². The summed E-state index contributed by atoms with van der Waals surface area (Å²) in [5, 5.41) is 0. The van der Waals surface area contributed by atoms with Crippen molar-refractivity contribution in [3.05, 3.63) is 28.8 Å². The number of thiol groups is 1. The summed E-state index contributed by atoms with van der Waals surface area (Å²) < 4.78 is 0. The van der Waals surface area contributed by atoms with Gasteiger partial charge < -0.3 is 0 Å². The lowest BCUT2D eigenvalue weighted by molar-refractivity contribution is 0.112. The van der Waals surface area contributed by atoms with Crippen LogP contribution < -0.4 is 0 Å². The van der Waals surface area contributed by atoms with Gasteiger partial charge in [0.1, 0.15) is 6.29 Å². The third-order valence-corrected chi connectivity index (χ3v) is 2.08. The molecule has 1 aromatic rings. The zero-order valence-corrected chi connectivity index (χ0v) is 7.48. The Morgan fingerprint density at radius 2 is 2.00 bits per heavy atom. The SMILES string of the molecule is Cc1cc(S)cc(C=O)c1C. The molecule has 0 radical (unpaired) electrons. The Hall–Kier alpha value is -0.760. The molecule has 0 saturated carbocycles. The van der Waals surface area contributed by atoms with Crippen molar-refractivity contribution in [3.8, 4) is 0 Å². The van der Waals surface area contributed by atoms with Gasteiger partial charge >= 0.3 is 0 Å². The minimum Gasteiger partial charge on any atom is -0.298 e. The summed E-state index contributed by atoms with van der Waals surface area (Å²) in [6, 6.07) is 3.73. The lowest BCUT2D eigenvalue weighted by atomic mass is 10.0. The summed E-state index contributed by atoms with van der Waals surface area (Å²) in [4.78, 5) is 11.3. The Bertz CT molecular complexity index is 292. The molecule has 0 aromatic heterocycles. The van der Waals surface area contributed by atoms with Crippen molar-refractivity contribution in [3.63, 3.8) is 0 Å².